The van der Waals surface area contributed by atoms with E-state index in [1.807, 2.05) is 18.2 Å². The molecule has 0 radical (unpaired) electrons. The molecule has 1 aromatic carbocycles. The van der Waals surface area contributed by atoms with Gasteiger partial charge in [-0.3, -0.25) is 0 Å². The molecule has 94 valence electrons. The normalized spacial score (nSPS) is 10.7. The predicted molar refractivity (Wildman–Crippen MR) is 70.9 cm³/mol. The number of carboxylic acid groups (broad SMARTS) is 1. The summed E-state index contributed by atoms with van der Waals surface area (Å²) >= 11 is 0. The fourth-order valence-corrected chi connectivity index (χ4v) is 2.04. The molecule has 0 aliphatic carbocycles. The molecular weight excluding hydrogens is 228 g/mol. The molecule has 3 heteroatoms. The SMILES string of the molecule is C=C(CCC)Cc1ccc2oc(C(=O)O)cc2c1. The minimum atomic E-state index is -1.04. The number of fused-ring (bicyclic) bond motifs is 1. The number of hydrogen-bond donors (Lipinski definition) is 1. The minimum Gasteiger partial charge on any atom is -0.475 e. The number of aromatic carboxylic acids is 1. The Kier molecular flexibility index (Phi) is 3.51. The van der Waals surface area contributed by atoms with E-state index in [1.165, 1.54) is 5.57 Å². The first kappa shape index (κ1) is 12.4. The molecule has 1 heterocycles. The highest BCUT2D eigenvalue weighted by molar-refractivity contribution is 5.91. The van der Waals surface area contributed by atoms with E-state index < -0.39 is 5.97 Å². The minimum absolute atomic E-state index is 0.0189. The highest BCUT2D eigenvalue weighted by Gasteiger charge is 2.10. The van der Waals surface area contributed by atoms with Crippen LogP contribution < -0.4 is 0 Å². The Morgan fingerprint density at radius 3 is 2.83 bits per heavy atom. The van der Waals surface area contributed by atoms with E-state index in [0.717, 1.165) is 30.2 Å². The summed E-state index contributed by atoms with van der Waals surface area (Å²) in [5, 5.41) is 9.69. The second kappa shape index (κ2) is 5.08. The van der Waals surface area contributed by atoms with Crippen LogP contribution in [-0.2, 0) is 6.42 Å². The molecule has 1 N–H and O–H groups in total. The van der Waals surface area contributed by atoms with Gasteiger partial charge in [-0.25, -0.2) is 4.79 Å². The predicted octanol–water partition coefficient (Wildman–Crippen LogP) is 4.03. The maximum Gasteiger partial charge on any atom is 0.371 e. The van der Waals surface area contributed by atoms with Gasteiger partial charge in [-0.05, 0) is 36.6 Å². The van der Waals surface area contributed by atoms with Gasteiger partial charge in [-0.15, -0.1) is 0 Å². The van der Waals surface area contributed by atoms with Crippen LogP contribution in [0.25, 0.3) is 11.0 Å². The van der Waals surface area contributed by atoms with E-state index >= 15 is 0 Å². The Bertz CT molecular complexity index is 593. The van der Waals surface area contributed by atoms with Gasteiger partial charge in [0.1, 0.15) is 5.58 Å². The lowest BCUT2D eigenvalue weighted by Gasteiger charge is -2.03. The number of furan rings is 1. The van der Waals surface area contributed by atoms with E-state index in [1.54, 1.807) is 6.07 Å². The van der Waals surface area contributed by atoms with Crippen LogP contribution in [0.1, 0.15) is 35.9 Å². The van der Waals surface area contributed by atoms with Crippen molar-refractivity contribution in [2.24, 2.45) is 0 Å². The standard InChI is InChI=1S/C15H16O3/c1-3-4-10(2)7-11-5-6-13-12(8-11)9-14(18-13)15(16)17/h5-6,8-9H,2-4,7H2,1H3,(H,16,17). The van der Waals surface area contributed by atoms with Gasteiger partial charge < -0.3 is 9.52 Å². The lowest BCUT2D eigenvalue weighted by atomic mass is 10.0. The highest BCUT2D eigenvalue weighted by atomic mass is 16.4. The summed E-state index contributed by atoms with van der Waals surface area (Å²) < 4.78 is 5.21. The van der Waals surface area contributed by atoms with E-state index in [2.05, 4.69) is 13.5 Å². The van der Waals surface area contributed by atoms with Gasteiger partial charge in [0.2, 0.25) is 5.76 Å². The summed E-state index contributed by atoms with van der Waals surface area (Å²) in [7, 11) is 0. The van der Waals surface area contributed by atoms with Gasteiger partial charge in [0, 0.05) is 5.39 Å². The summed E-state index contributed by atoms with van der Waals surface area (Å²) in [6, 6.07) is 7.30. The number of benzene rings is 1. The molecule has 0 amide bonds. The third kappa shape index (κ3) is 2.62. The summed E-state index contributed by atoms with van der Waals surface area (Å²) in [6.45, 7) is 6.16. The quantitative estimate of drug-likeness (QED) is 0.808. The average molecular weight is 244 g/mol. The molecule has 0 aliphatic rings. The highest BCUT2D eigenvalue weighted by Crippen LogP contribution is 2.22. The Morgan fingerprint density at radius 1 is 1.39 bits per heavy atom. The van der Waals surface area contributed by atoms with Crippen LogP contribution in [0.15, 0.2) is 40.8 Å². The topological polar surface area (TPSA) is 50.4 Å². The maximum absolute atomic E-state index is 10.8. The molecule has 1 aromatic heterocycles. The Balaban J connectivity index is 2.26. The van der Waals surface area contributed by atoms with Crippen molar-refractivity contribution in [1.82, 2.24) is 0 Å². The Hall–Kier alpha value is -2.03. The average Bonchev–Trinajstić information content (AvgIpc) is 2.72. The van der Waals surface area contributed by atoms with Crippen molar-refractivity contribution in [3.05, 3.63) is 47.7 Å². The van der Waals surface area contributed by atoms with Crippen molar-refractivity contribution in [2.75, 3.05) is 0 Å². The van der Waals surface area contributed by atoms with Crippen molar-refractivity contribution < 1.29 is 14.3 Å². The van der Waals surface area contributed by atoms with Crippen LogP contribution >= 0.6 is 0 Å². The fraction of sp³-hybridized carbons (Fsp3) is 0.267. The summed E-state index contributed by atoms with van der Waals surface area (Å²) in [5.74, 6) is -1.06. The molecule has 0 aliphatic heterocycles. The van der Waals surface area contributed by atoms with Gasteiger partial charge in [-0.2, -0.15) is 0 Å². The van der Waals surface area contributed by atoms with E-state index in [9.17, 15) is 4.79 Å². The number of carboxylic acids is 1. The van der Waals surface area contributed by atoms with Gasteiger partial charge in [0.15, 0.2) is 0 Å². The maximum atomic E-state index is 10.8. The second-order valence-electron chi connectivity index (χ2n) is 4.46. The molecule has 2 rings (SSSR count). The van der Waals surface area contributed by atoms with Crippen LogP contribution in [0.2, 0.25) is 0 Å². The summed E-state index contributed by atoms with van der Waals surface area (Å²) in [4.78, 5) is 10.8. The zero-order chi connectivity index (χ0) is 13.1. The van der Waals surface area contributed by atoms with Crippen molar-refractivity contribution in [3.63, 3.8) is 0 Å². The first-order valence-electron chi connectivity index (χ1n) is 6.02. The van der Waals surface area contributed by atoms with E-state index in [4.69, 9.17) is 9.52 Å². The van der Waals surface area contributed by atoms with Gasteiger partial charge >= 0.3 is 5.97 Å². The van der Waals surface area contributed by atoms with Crippen LogP contribution in [0.3, 0.4) is 0 Å². The van der Waals surface area contributed by atoms with Gasteiger partial charge in [-0.1, -0.05) is 31.6 Å². The van der Waals surface area contributed by atoms with Crippen molar-refractivity contribution in [2.45, 2.75) is 26.2 Å². The summed E-state index contributed by atoms with van der Waals surface area (Å²) in [5.41, 5.74) is 2.94. The third-order valence-corrected chi connectivity index (χ3v) is 2.85. The van der Waals surface area contributed by atoms with Crippen LogP contribution in [0.5, 0.6) is 0 Å². The molecule has 18 heavy (non-hydrogen) atoms. The monoisotopic (exact) mass is 244 g/mol. The molecule has 0 bridgehead atoms. The molecular formula is C15H16O3. The zero-order valence-corrected chi connectivity index (χ0v) is 10.4. The lowest BCUT2D eigenvalue weighted by molar-refractivity contribution is 0.0665. The van der Waals surface area contributed by atoms with Crippen LogP contribution in [-0.4, -0.2) is 11.1 Å². The smallest absolute Gasteiger partial charge is 0.371 e. The molecule has 0 spiro atoms. The molecule has 0 unspecified atom stereocenters. The van der Waals surface area contributed by atoms with Crippen molar-refractivity contribution >= 4 is 16.9 Å². The lowest BCUT2D eigenvalue weighted by Crippen LogP contribution is -1.91. The first-order valence-corrected chi connectivity index (χ1v) is 6.02. The van der Waals surface area contributed by atoms with Gasteiger partial charge in [0.05, 0.1) is 0 Å². The molecule has 0 saturated heterocycles. The molecule has 2 aromatic rings. The fourth-order valence-electron chi connectivity index (χ4n) is 2.04. The largest absolute Gasteiger partial charge is 0.475 e. The Labute approximate surface area is 106 Å². The van der Waals surface area contributed by atoms with Crippen molar-refractivity contribution in [1.29, 1.82) is 0 Å². The van der Waals surface area contributed by atoms with Crippen molar-refractivity contribution in [3.8, 4) is 0 Å². The second-order valence-corrected chi connectivity index (χ2v) is 4.46. The first-order chi connectivity index (χ1) is 8.60. The molecule has 3 nitrogen and oxygen atoms in total. The third-order valence-electron chi connectivity index (χ3n) is 2.85. The van der Waals surface area contributed by atoms with E-state index in [0.29, 0.717) is 5.58 Å². The van der Waals surface area contributed by atoms with Crippen LogP contribution in [0, 0.1) is 0 Å². The molecule has 0 saturated carbocycles. The Morgan fingerprint density at radius 2 is 2.17 bits per heavy atom. The molecule has 0 atom stereocenters. The number of hydrogen-bond acceptors (Lipinski definition) is 2. The summed E-state index contributed by atoms with van der Waals surface area (Å²) in [6.07, 6.45) is 2.94. The number of allylic oxidation sites excluding steroid dienone is 1. The number of rotatable bonds is 5. The number of carbonyl (C=O) groups is 1. The van der Waals surface area contributed by atoms with E-state index in [-0.39, 0.29) is 5.76 Å². The molecule has 0 fully saturated rings. The zero-order valence-electron chi connectivity index (χ0n) is 10.4. The van der Waals surface area contributed by atoms with Gasteiger partial charge in [0.25, 0.3) is 0 Å². The van der Waals surface area contributed by atoms with Crippen LogP contribution in [0.4, 0.5) is 0 Å².